The molecule has 1 saturated heterocycles. The van der Waals surface area contributed by atoms with Crippen LogP contribution in [0.3, 0.4) is 0 Å². The second-order valence-electron chi connectivity index (χ2n) is 9.01. The average molecular weight is 494 g/mol. The molecule has 186 valence electrons. The van der Waals surface area contributed by atoms with Gasteiger partial charge in [0.25, 0.3) is 0 Å². The Balaban J connectivity index is 1.28. The van der Waals surface area contributed by atoms with E-state index in [0.29, 0.717) is 26.1 Å². The van der Waals surface area contributed by atoms with Gasteiger partial charge in [0.15, 0.2) is 0 Å². The predicted molar refractivity (Wildman–Crippen MR) is 140 cm³/mol. The first-order valence-corrected chi connectivity index (χ1v) is 13.8. The van der Waals surface area contributed by atoms with E-state index in [2.05, 4.69) is 56.2 Å². The van der Waals surface area contributed by atoms with Gasteiger partial charge in [-0.05, 0) is 30.5 Å². The van der Waals surface area contributed by atoms with Crippen molar-refractivity contribution in [3.8, 4) is 0 Å². The lowest BCUT2D eigenvalue weighted by atomic mass is 10.1. The van der Waals surface area contributed by atoms with Crippen molar-refractivity contribution in [2.75, 3.05) is 39.0 Å². The van der Waals surface area contributed by atoms with Gasteiger partial charge >= 0.3 is 0 Å². The van der Waals surface area contributed by atoms with Crippen molar-refractivity contribution >= 4 is 16.9 Å². The second-order valence-corrected chi connectivity index (χ2v) is 10.3. The molecule has 0 spiro atoms. The molecule has 0 bridgehead atoms. The highest BCUT2D eigenvalue weighted by molar-refractivity contribution is 7.81. The van der Waals surface area contributed by atoms with Gasteiger partial charge in [0.2, 0.25) is 5.91 Å². The summed E-state index contributed by atoms with van der Waals surface area (Å²) in [5.74, 6) is -0.0536. The van der Waals surface area contributed by atoms with E-state index in [1.165, 1.54) is 11.1 Å². The standard InChI is InChI=1S/C27H35N5O2S/c1-35(34)32-18-17-30(16-8-13-23-9-4-2-5-10-23)21-26(32)27(33)29-15-14-25-19-28-22-31(25)20-24-11-6-3-7-12-24/h2-7,9-12,19,22,26H,8,13-18,20-21H2,1H3,(H,29,33). The number of nitrogens with one attached hydrogen (secondary N) is 1. The fourth-order valence-corrected chi connectivity index (χ4v) is 5.47. The van der Waals surface area contributed by atoms with Crippen LogP contribution in [-0.2, 0) is 35.2 Å². The zero-order valence-electron chi connectivity index (χ0n) is 20.4. The molecular weight excluding hydrogens is 458 g/mol. The van der Waals surface area contributed by atoms with Crippen molar-refractivity contribution in [1.29, 1.82) is 0 Å². The molecule has 7 nitrogen and oxygen atoms in total. The van der Waals surface area contributed by atoms with E-state index >= 15 is 0 Å². The monoisotopic (exact) mass is 493 g/mol. The summed E-state index contributed by atoms with van der Waals surface area (Å²) in [6.07, 6.45) is 8.11. The quantitative estimate of drug-likeness (QED) is 0.446. The van der Waals surface area contributed by atoms with Crippen molar-refractivity contribution in [2.24, 2.45) is 0 Å². The van der Waals surface area contributed by atoms with Gasteiger partial charge in [-0.15, -0.1) is 0 Å². The zero-order chi connectivity index (χ0) is 24.5. The summed E-state index contributed by atoms with van der Waals surface area (Å²) in [6.45, 7) is 4.28. The van der Waals surface area contributed by atoms with Crippen LogP contribution in [0, 0.1) is 0 Å². The number of aryl methyl sites for hydroxylation is 1. The molecular formula is C27H35N5O2S. The minimum absolute atomic E-state index is 0.0536. The molecule has 1 N–H and O–H groups in total. The van der Waals surface area contributed by atoms with E-state index in [4.69, 9.17) is 0 Å². The number of carbonyl (C=O) groups excluding carboxylic acids is 1. The summed E-state index contributed by atoms with van der Waals surface area (Å²) in [5.41, 5.74) is 3.63. The number of imidazole rings is 1. The van der Waals surface area contributed by atoms with E-state index < -0.39 is 17.0 Å². The summed E-state index contributed by atoms with van der Waals surface area (Å²) in [6, 6.07) is 20.3. The van der Waals surface area contributed by atoms with Crippen LogP contribution in [0.5, 0.6) is 0 Å². The largest absolute Gasteiger partial charge is 0.354 e. The normalized spacial score (nSPS) is 17.8. The average Bonchev–Trinajstić information content (AvgIpc) is 3.31. The van der Waals surface area contributed by atoms with E-state index in [-0.39, 0.29) is 5.91 Å². The minimum atomic E-state index is -1.18. The van der Waals surface area contributed by atoms with Crippen LogP contribution in [-0.4, -0.2) is 73.9 Å². The van der Waals surface area contributed by atoms with Gasteiger partial charge in [-0.1, -0.05) is 60.7 Å². The molecule has 4 rings (SSSR count). The zero-order valence-corrected chi connectivity index (χ0v) is 21.2. The van der Waals surface area contributed by atoms with Crippen molar-refractivity contribution in [3.63, 3.8) is 0 Å². The number of carbonyl (C=O) groups is 1. The molecule has 3 aromatic rings. The van der Waals surface area contributed by atoms with E-state index in [1.54, 1.807) is 6.26 Å². The van der Waals surface area contributed by atoms with Crippen LogP contribution in [0.2, 0.25) is 0 Å². The Bertz CT molecular complexity index is 1090. The van der Waals surface area contributed by atoms with Crippen LogP contribution in [0.15, 0.2) is 73.2 Å². The highest BCUT2D eigenvalue weighted by atomic mass is 32.2. The predicted octanol–water partition coefficient (Wildman–Crippen LogP) is 2.50. The molecule has 2 atom stereocenters. The smallest absolute Gasteiger partial charge is 0.239 e. The highest BCUT2D eigenvalue weighted by Crippen LogP contribution is 2.14. The Labute approximate surface area is 210 Å². The van der Waals surface area contributed by atoms with Crippen LogP contribution in [0.1, 0.15) is 23.2 Å². The maximum absolute atomic E-state index is 13.1. The van der Waals surface area contributed by atoms with Gasteiger partial charge in [0.05, 0.1) is 17.3 Å². The summed E-state index contributed by atoms with van der Waals surface area (Å²) >= 11 is 0. The molecule has 2 heterocycles. The lowest BCUT2D eigenvalue weighted by Gasteiger charge is -2.39. The number of nitrogens with zero attached hydrogens (tertiary/aromatic N) is 4. The molecule has 1 fully saturated rings. The molecule has 2 aromatic carbocycles. The number of amides is 1. The first-order valence-electron chi connectivity index (χ1n) is 12.3. The van der Waals surface area contributed by atoms with Gasteiger partial charge in [0.1, 0.15) is 6.04 Å². The first kappa shape index (κ1) is 25.3. The van der Waals surface area contributed by atoms with Crippen LogP contribution in [0.4, 0.5) is 0 Å². The highest BCUT2D eigenvalue weighted by Gasteiger charge is 2.34. The second kappa shape index (κ2) is 12.8. The van der Waals surface area contributed by atoms with E-state index in [1.807, 2.05) is 41.1 Å². The molecule has 0 saturated carbocycles. The van der Waals surface area contributed by atoms with Gasteiger partial charge in [-0.25, -0.2) is 13.5 Å². The van der Waals surface area contributed by atoms with Crippen molar-refractivity contribution in [1.82, 2.24) is 24.1 Å². The molecule has 0 radical (unpaired) electrons. The number of piperazine rings is 1. The Hall–Kier alpha value is -2.81. The Morgan fingerprint density at radius 1 is 1.03 bits per heavy atom. The van der Waals surface area contributed by atoms with Crippen molar-refractivity contribution in [2.45, 2.75) is 31.8 Å². The van der Waals surface area contributed by atoms with Gasteiger partial charge in [0, 0.05) is 57.3 Å². The van der Waals surface area contributed by atoms with Crippen molar-refractivity contribution in [3.05, 3.63) is 90.0 Å². The summed E-state index contributed by atoms with van der Waals surface area (Å²) in [5, 5.41) is 3.09. The number of hydrogen-bond acceptors (Lipinski definition) is 4. The van der Waals surface area contributed by atoms with Crippen LogP contribution < -0.4 is 5.32 Å². The third-order valence-electron chi connectivity index (χ3n) is 6.51. The molecule has 1 aliphatic rings. The lowest BCUT2D eigenvalue weighted by molar-refractivity contribution is -0.126. The number of hydrogen-bond donors (Lipinski definition) is 1. The number of aromatic nitrogens is 2. The molecule has 35 heavy (non-hydrogen) atoms. The van der Waals surface area contributed by atoms with Gasteiger partial charge in [-0.2, -0.15) is 0 Å². The summed E-state index contributed by atoms with van der Waals surface area (Å²) in [4.78, 5) is 19.7. The van der Waals surface area contributed by atoms with Crippen LogP contribution >= 0.6 is 0 Å². The maximum Gasteiger partial charge on any atom is 0.239 e. The van der Waals surface area contributed by atoms with E-state index in [9.17, 15) is 9.00 Å². The fourth-order valence-electron chi connectivity index (χ4n) is 4.61. The number of rotatable bonds is 11. The first-order chi connectivity index (χ1) is 17.1. The van der Waals surface area contributed by atoms with Gasteiger partial charge < -0.3 is 9.88 Å². The molecule has 1 amide bonds. The summed E-state index contributed by atoms with van der Waals surface area (Å²) in [7, 11) is -1.18. The molecule has 1 aromatic heterocycles. The third kappa shape index (κ3) is 7.34. The maximum atomic E-state index is 13.1. The fraction of sp³-hybridized carbons (Fsp3) is 0.407. The molecule has 1 aliphatic heterocycles. The van der Waals surface area contributed by atoms with E-state index in [0.717, 1.165) is 38.2 Å². The molecule has 8 heteroatoms. The topological polar surface area (TPSA) is 70.5 Å². The van der Waals surface area contributed by atoms with Crippen molar-refractivity contribution < 1.29 is 9.00 Å². The summed E-state index contributed by atoms with van der Waals surface area (Å²) < 4.78 is 16.3. The number of benzene rings is 2. The molecule has 0 aliphatic carbocycles. The lowest BCUT2D eigenvalue weighted by Crippen LogP contribution is -2.59. The molecule has 2 unspecified atom stereocenters. The minimum Gasteiger partial charge on any atom is -0.354 e. The van der Waals surface area contributed by atoms with Gasteiger partial charge in [-0.3, -0.25) is 9.69 Å². The Morgan fingerprint density at radius 2 is 1.74 bits per heavy atom. The SMILES string of the molecule is CS(=O)N1CCN(CCCc2ccccc2)CC1C(=O)NCCc1cncn1Cc1ccccc1. The Morgan fingerprint density at radius 3 is 2.46 bits per heavy atom. The third-order valence-corrected chi connectivity index (χ3v) is 7.60. The van der Waals surface area contributed by atoms with Crippen LogP contribution in [0.25, 0.3) is 0 Å². The Kier molecular flexibility index (Phi) is 9.22.